The number of nitrogen functional groups attached to an aromatic ring is 1. The second-order valence-corrected chi connectivity index (χ2v) is 5.56. The third-order valence-corrected chi connectivity index (χ3v) is 3.47. The zero-order valence-electron chi connectivity index (χ0n) is 11.8. The predicted molar refractivity (Wildman–Crippen MR) is 87.1 cm³/mol. The number of hydrogen-bond donors (Lipinski definition) is 2. The summed E-state index contributed by atoms with van der Waals surface area (Å²) in [7, 11) is 0. The molecule has 0 unspecified atom stereocenters. The van der Waals surface area contributed by atoms with Crippen LogP contribution in [0.25, 0.3) is 11.0 Å². The molecule has 5 nitrogen and oxygen atoms in total. The SMILES string of the molecule is CC(C)n1ccc2c(Nc3cccc(Cl)c3)nc(N)nc21. The number of rotatable bonds is 3. The number of halogens is 1. The molecule has 3 N–H and O–H groups in total. The van der Waals surface area contributed by atoms with E-state index in [1.54, 1.807) is 0 Å². The van der Waals surface area contributed by atoms with E-state index in [1.165, 1.54) is 0 Å². The smallest absolute Gasteiger partial charge is 0.224 e. The Morgan fingerprint density at radius 3 is 2.76 bits per heavy atom. The first kappa shape index (κ1) is 13.7. The van der Waals surface area contributed by atoms with Crippen LogP contribution in [0.5, 0.6) is 0 Å². The van der Waals surface area contributed by atoms with Gasteiger partial charge in [-0.3, -0.25) is 0 Å². The second-order valence-electron chi connectivity index (χ2n) is 5.12. The fourth-order valence-electron chi connectivity index (χ4n) is 2.27. The van der Waals surface area contributed by atoms with Crippen LogP contribution in [-0.4, -0.2) is 14.5 Å². The molecule has 0 bridgehead atoms. The van der Waals surface area contributed by atoms with Crippen molar-refractivity contribution in [2.75, 3.05) is 11.1 Å². The molecule has 0 fully saturated rings. The number of nitrogens with zero attached hydrogens (tertiary/aromatic N) is 3. The summed E-state index contributed by atoms with van der Waals surface area (Å²) in [4.78, 5) is 8.64. The van der Waals surface area contributed by atoms with Crippen molar-refractivity contribution in [2.45, 2.75) is 19.9 Å². The summed E-state index contributed by atoms with van der Waals surface area (Å²) in [5, 5.41) is 4.85. The highest BCUT2D eigenvalue weighted by atomic mass is 35.5. The molecule has 0 saturated carbocycles. The maximum atomic E-state index is 6.00. The molecular weight excluding hydrogens is 286 g/mol. The minimum atomic E-state index is 0.243. The van der Waals surface area contributed by atoms with Crippen LogP contribution < -0.4 is 11.1 Å². The van der Waals surface area contributed by atoms with Crippen molar-refractivity contribution in [1.29, 1.82) is 0 Å². The van der Waals surface area contributed by atoms with E-state index >= 15 is 0 Å². The highest BCUT2D eigenvalue weighted by Gasteiger charge is 2.12. The lowest BCUT2D eigenvalue weighted by molar-refractivity contribution is 0.618. The van der Waals surface area contributed by atoms with E-state index in [0.717, 1.165) is 16.7 Å². The summed E-state index contributed by atoms with van der Waals surface area (Å²) in [6.45, 7) is 4.20. The Hall–Kier alpha value is -2.27. The van der Waals surface area contributed by atoms with E-state index in [9.17, 15) is 0 Å². The fraction of sp³-hybridized carbons (Fsp3) is 0.200. The number of fused-ring (bicyclic) bond motifs is 1. The molecule has 2 heterocycles. The van der Waals surface area contributed by atoms with E-state index in [4.69, 9.17) is 17.3 Å². The van der Waals surface area contributed by atoms with Gasteiger partial charge in [0, 0.05) is 22.9 Å². The molecule has 108 valence electrons. The molecular formula is C15H16ClN5. The topological polar surface area (TPSA) is 68.8 Å². The van der Waals surface area contributed by atoms with Crippen LogP contribution in [0.1, 0.15) is 19.9 Å². The van der Waals surface area contributed by atoms with Gasteiger partial charge in [0.25, 0.3) is 0 Å². The Morgan fingerprint density at radius 1 is 1.24 bits per heavy atom. The minimum Gasteiger partial charge on any atom is -0.368 e. The van der Waals surface area contributed by atoms with Crippen molar-refractivity contribution < 1.29 is 0 Å². The van der Waals surface area contributed by atoms with Gasteiger partial charge in [-0.25, -0.2) is 0 Å². The summed E-state index contributed by atoms with van der Waals surface area (Å²) in [5.41, 5.74) is 7.52. The molecule has 6 heteroatoms. The first-order valence-electron chi connectivity index (χ1n) is 6.71. The minimum absolute atomic E-state index is 0.243. The molecule has 1 aromatic carbocycles. The van der Waals surface area contributed by atoms with Gasteiger partial charge < -0.3 is 15.6 Å². The van der Waals surface area contributed by atoms with Crippen LogP contribution >= 0.6 is 11.6 Å². The molecule has 0 aliphatic heterocycles. The predicted octanol–water partition coefficient (Wildman–Crippen LogP) is 3.99. The van der Waals surface area contributed by atoms with Gasteiger partial charge in [-0.15, -0.1) is 0 Å². The van der Waals surface area contributed by atoms with Gasteiger partial charge in [0.15, 0.2) is 0 Å². The number of aromatic nitrogens is 3. The average molecular weight is 302 g/mol. The van der Waals surface area contributed by atoms with Gasteiger partial charge in [-0.2, -0.15) is 9.97 Å². The maximum Gasteiger partial charge on any atom is 0.224 e. The molecule has 3 aromatic rings. The molecule has 2 aromatic heterocycles. The Balaban J connectivity index is 2.10. The van der Waals surface area contributed by atoms with Crippen LogP contribution in [0.4, 0.5) is 17.5 Å². The van der Waals surface area contributed by atoms with Gasteiger partial charge in [0.05, 0.1) is 5.39 Å². The van der Waals surface area contributed by atoms with Crippen molar-refractivity contribution >= 4 is 40.1 Å². The molecule has 0 spiro atoms. The van der Waals surface area contributed by atoms with Crippen LogP contribution in [-0.2, 0) is 0 Å². The molecule has 0 aliphatic carbocycles. The second kappa shape index (κ2) is 5.26. The Morgan fingerprint density at radius 2 is 2.05 bits per heavy atom. The Kier molecular flexibility index (Phi) is 3.43. The van der Waals surface area contributed by atoms with Crippen LogP contribution in [0.2, 0.25) is 5.02 Å². The van der Waals surface area contributed by atoms with Gasteiger partial charge in [-0.05, 0) is 38.1 Å². The summed E-state index contributed by atoms with van der Waals surface area (Å²) < 4.78 is 2.07. The monoisotopic (exact) mass is 301 g/mol. The Bertz CT molecular complexity index is 794. The van der Waals surface area contributed by atoms with Gasteiger partial charge in [-0.1, -0.05) is 17.7 Å². The molecule has 0 atom stereocenters. The first-order chi connectivity index (χ1) is 10.0. The number of anilines is 3. The third kappa shape index (κ3) is 2.64. The normalized spacial score (nSPS) is 11.2. The van der Waals surface area contributed by atoms with Gasteiger partial charge in [0.2, 0.25) is 5.95 Å². The molecule has 3 rings (SSSR count). The highest BCUT2D eigenvalue weighted by molar-refractivity contribution is 6.30. The molecule has 0 radical (unpaired) electrons. The van der Waals surface area contributed by atoms with Crippen molar-refractivity contribution in [2.24, 2.45) is 0 Å². The molecule has 0 aliphatic rings. The largest absolute Gasteiger partial charge is 0.368 e. The Labute approximate surface area is 127 Å². The first-order valence-corrected chi connectivity index (χ1v) is 7.09. The number of nitrogens with one attached hydrogen (secondary N) is 1. The lowest BCUT2D eigenvalue weighted by Gasteiger charge is -2.11. The lowest BCUT2D eigenvalue weighted by Crippen LogP contribution is -2.05. The number of benzene rings is 1. The zero-order valence-corrected chi connectivity index (χ0v) is 12.6. The summed E-state index contributed by atoms with van der Waals surface area (Å²) in [6, 6.07) is 9.76. The van der Waals surface area contributed by atoms with Gasteiger partial charge >= 0.3 is 0 Å². The van der Waals surface area contributed by atoms with Crippen LogP contribution in [0.3, 0.4) is 0 Å². The van der Waals surface area contributed by atoms with Crippen molar-refractivity contribution in [3.63, 3.8) is 0 Å². The summed E-state index contributed by atoms with van der Waals surface area (Å²) in [5.74, 6) is 0.923. The third-order valence-electron chi connectivity index (χ3n) is 3.23. The fourth-order valence-corrected chi connectivity index (χ4v) is 2.46. The lowest BCUT2D eigenvalue weighted by atomic mass is 10.3. The van der Waals surface area contributed by atoms with Crippen molar-refractivity contribution in [3.05, 3.63) is 41.6 Å². The number of hydrogen-bond acceptors (Lipinski definition) is 4. The van der Waals surface area contributed by atoms with E-state index in [2.05, 4.69) is 33.7 Å². The van der Waals surface area contributed by atoms with E-state index in [0.29, 0.717) is 16.9 Å². The average Bonchev–Trinajstić information content (AvgIpc) is 2.82. The standard InChI is InChI=1S/C15H16ClN5/c1-9(2)21-7-6-12-13(19-15(17)20-14(12)21)18-11-5-3-4-10(16)8-11/h3-9H,1-2H3,(H3,17,18,19,20). The molecule has 0 amide bonds. The van der Waals surface area contributed by atoms with E-state index in [-0.39, 0.29) is 5.95 Å². The molecule has 0 saturated heterocycles. The quantitative estimate of drug-likeness (QED) is 0.767. The maximum absolute atomic E-state index is 6.00. The van der Waals surface area contributed by atoms with Crippen LogP contribution in [0.15, 0.2) is 36.5 Å². The van der Waals surface area contributed by atoms with Gasteiger partial charge in [0.1, 0.15) is 11.5 Å². The summed E-state index contributed by atoms with van der Waals surface area (Å²) >= 11 is 6.00. The van der Waals surface area contributed by atoms with Crippen molar-refractivity contribution in [1.82, 2.24) is 14.5 Å². The zero-order chi connectivity index (χ0) is 15.0. The number of nitrogens with two attached hydrogens (primary N) is 1. The molecule has 21 heavy (non-hydrogen) atoms. The van der Waals surface area contributed by atoms with E-state index in [1.807, 2.05) is 36.5 Å². The van der Waals surface area contributed by atoms with Crippen molar-refractivity contribution in [3.8, 4) is 0 Å². The summed E-state index contributed by atoms with van der Waals surface area (Å²) in [6.07, 6.45) is 1.99. The van der Waals surface area contributed by atoms with Crippen LogP contribution in [0, 0.1) is 0 Å². The highest BCUT2D eigenvalue weighted by Crippen LogP contribution is 2.28. The van der Waals surface area contributed by atoms with E-state index < -0.39 is 0 Å².